The van der Waals surface area contributed by atoms with Gasteiger partial charge in [-0.2, -0.15) is 18.3 Å². The van der Waals surface area contributed by atoms with Crippen LogP contribution in [0.15, 0.2) is 48.8 Å². The van der Waals surface area contributed by atoms with E-state index in [9.17, 15) is 28.5 Å². The van der Waals surface area contributed by atoms with Crippen molar-refractivity contribution in [3.05, 3.63) is 59.9 Å². The minimum Gasteiger partial charge on any atom is -0.491 e. The summed E-state index contributed by atoms with van der Waals surface area (Å²) in [5, 5.41) is 34.4. The molecule has 1 aliphatic carbocycles. The Balaban J connectivity index is 1.98. The van der Waals surface area contributed by atoms with Crippen LogP contribution in [0.4, 0.5) is 13.2 Å². The van der Waals surface area contributed by atoms with Gasteiger partial charge in [-0.15, -0.1) is 0 Å². The molecule has 3 N–H and O–H groups in total. The molecule has 1 atom stereocenters. The van der Waals surface area contributed by atoms with Gasteiger partial charge in [-0.05, 0) is 42.7 Å². The fourth-order valence-corrected chi connectivity index (χ4v) is 3.96. The molecule has 32 heavy (non-hydrogen) atoms. The van der Waals surface area contributed by atoms with Gasteiger partial charge in [0.15, 0.2) is 0 Å². The molecule has 170 valence electrons. The van der Waals surface area contributed by atoms with Gasteiger partial charge in [0, 0.05) is 22.9 Å². The Kier molecular flexibility index (Phi) is 5.31. The second-order valence-corrected chi connectivity index (χ2v) is 8.46. The Labute approximate surface area is 182 Å². The van der Waals surface area contributed by atoms with E-state index in [1.165, 1.54) is 49.0 Å². The number of aliphatic hydroxyl groups excluding tert-OH is 1. The van der Waals surface area contributed by atoms with Crippen LogP contribution in [-0.4, -0.2) is 50.1 Å². The van der Waals surface area contributed by atoms with E-state index in [-0.39, 0.29) is 47.8 Å². The number of aliphatic hydroxyl groups is 3. The number of nitrogens with zero attached hydrogens (tertiary/aromatic N) is 2. The van der Waals surface area contributed by atoms with Crippen LogP contribution in [0.25, 0.3) is 22.3 Å². The number of hydrogen-bond acceptors (Lipinski definition) is 5. The maximum Gasteiger partial charge on any atom is 0.425 e. The van der Waals surface area contributed by atoms with E-state index in [0.29, 0.717) is 11.1 Å². The number of ether oxygens (including phenoxy) is 1. The molecule has 0 saturated carbocycles. The van der Waals surface area contributed by atoms with Crippen molar-refractivity contribution in [1.29, 1.82) is 0 Å². The fourth-order valence-electron chi connectivity index (χ4n) is 3.96. The molecule has 2 aromatic carbocycles. The smallest absolute Gasteiger partial charge is 0.425 e. The van der Waals surface area contributed by atoms with Crippen molar-refractivity contribution in [2.45, 2.75) is 37.8 Å². The largest absolute Gasteiger partial charge is 0.491 e. The first-order valence-corrected chi connectivity index (χ1v) is 10.0. The third-order valence-electron chi connectivity index (χ3n) is 5.36. The summed E-state index contributed by atoms with van der Waals surface area (Å²) in [4.78, 5) is 0. The average Bonchev–Trinajstić information content (AvgIpc) is 3.28. The van der Waals surface area contributed by atoms with Gasteiger partial charge in [-0.25, -0.2) is 0 Å². The van der Waals surface area contributed by atoms with Crippen LogP contribution in [0.3, 0.4) is 0 Å². The third-order valence-corrected chi connectivity index (χ3v) is 5.36. The van der Waals surface area contributed by atoms with Gasteiger partial charge >= 0.3 is 6.18 Å². The van der Waals surface area contributed by atoms with Crippen molar-refractivity contribution in [3.8, 4) is 28.0 Å². The van der Waals surface area contributed by atoms with E-state index in [2.05, 4.69) is 5.10 Å². The molecular weight excluding hydrogens is 425 g/mol. The Morgan fingerprint density at radius 1 is 1.09 bits per heavy atom. The molecule has 0 aliphatic heterocycles. The summed E-state index contributed by atoms with van der Waals surface area (Å²) in [7, 11) is 0. The van der Waals surface area contributed by atoms with Gasteiger partial charge in [0.1, 0.15) is 12.4 Å². The first-order valence-electron chi connectivity index (χ1n) is 10.0. The highest BCUT2D eigenvalue weighted by Crippen LogP contribution is 2.58. The minimum atomic E-state index is -4.98. The van der Waals surface area contributed by atoms with Crippen LogP contribution < -0.4 is 4.74 Å². The number of hydrogen-bond donors (Lipinski definition) is 3. The summed E-state index contributed by atoms with van der Waals surface area (Å²) in [6.07, 6.45) is -1.89. The van der Waals surface area contributed by atoms with Crippen molar-refractivity contribution >= 4 is 0 Å². The van der Waals surface area contributed by atoms with Crippen molar-refractivity contribution < 1.29 is 33.2 Å². The summed E-state index contributed by atoms with van der Waals surface area (Å²) < 4.78 is 49.9. The molecule has 4 rings (SSSR count). The van der Waals surface area contributed by atoms with E-state index >= 15 is 0 Å². The highest BCUT2D eigenvalue weighted by molar-refractivity contribution is 5.93. The summed E-state index contributed by atoms with van der Waals surface area (Å²) >= 11 is 0. The summed E-state index contributed by atoms with van der Waals surface area (Å²) in [5.41, 5.74) is -3.64. The lowest BCUT2D eigenvalue weighted by atomic mass is 9.89. The molecule has 6 nitrogen and oxygen atoms in total. The Bertz CT molecular complexity index is 1150. The molecular formula is C23H23F3N2O4. The maximum atomic E-state index is 14.3. The predicted molar refractivity (Wildman–Crippen MR) is 111 cm³/mol. The van der Waals surface area contributed by atoms with Crippen molar-refractivity contribution in [2.24, 2.45) is 0 Å². The van der Waals surface area contributed by atoms with Crippen LogP contribution in [0.5, 0.6) is 5.75 Å². The van der Waals surface area contributed by atoms with Crippen LogP contribution in [0, 0.1) is 0 Å². The van der Waals surface area contributed by atoms with Crippen LogP contribution >= 0.6 is 0 Å². The number of halogens is 3. The number of alkyl halides is 3. The van der Waals surface area contributed by atoms with E-state index < -0.39 is 17.4 Å². The molecule has 0 saturated heterocycles. The van der Waals surface area contributed by atoms with Gasteiger partial charge in [0.2, 0.25) is 5.60 Å². The summed E-state index contributed by atoms with van der Waals surface area (Å²) in [6, 6.07) is 8.62. The zero-order valence-corrected chi connectivity index (χ0v) is 17.5. The van der Waals surface area contributed by atoms with E-state index in [0.717, 1.165) is 0 Å². The molecule has 1 aromatic heterocycles. The third kappa shape index (κ3) is 3.66. The topological polar surface area (TPSA) is 87.7 Å². The second kappa shape index (κ2) is 7.61. The fraction of sp³-hybridized carbons (Fsp3) is 0.348. The highest BCUT2D eigenvalue weighted by atomic mass is 19.4. The monoisotopic (exact) mass is 448 g/mol. The molecule has 1 aliphatic rings. The zero-order chi connectivity index (χ0) is 23.3. The van der Waals surface area contributed by atoms with Crippen molar-refractivity contribution in [2.75, 3.05) is 13.2 Å². The summed E-state index contributed by atoms with van der Waals surface area (Å²) in [6.45, 7) is 2.95. The lowest BCUT2D eigenvalue weighted by Crippen LogP contribution is -2.41. The Hall–Kier alpha value is -2.88. The molecule has 0 bridgehead atoms. The van der Waals surface area contributed by atoms with Gasteiger partial charge < -0.3 is 20.1 Å². The molecule has 9 heteroatoms. The van der Waals surface area contributed by atoms with E-state index in [4.69, 9.17) is 4.74 Å². The Morgan fingerprint density at radius 2 is 1.81 bits per heavy atom. The average molecular weight is 448 g/mol. The second-order valence-electron chi connectivity index (χ2n) is 8.46. The predicted octanol–water partition coefficient (Wildman–Crippen LogP) is 3.47. The lowest BCUT2D eigenvalue weighted by molar-refractivity contribution is -0.246. The first-order chi connectivity index (χ1) is 15.0. The molecule has 0 spiro atoms. The molecule has 3 aromatic rings. The molecule has 0 unspecified atom stereocenters. The number of rotatable bonds is 6. The van der Waals surface area contributed by atoms with Gasteiger partial charge in [-0.1, -0.05) is 24.3 Å². The normalized spacial score (nSPS) is 17.9. The van der Waals surface area contributed by atoms with Crippen LogP contribution in [-0.2, 0) is 12.1 Å². The molecule has 0 amide bonds. The Morgan fingerprint density at radius 3 is 2.47 bits per heavy atom. The lowest BCUT2D eigenvalue weighted by Gasteiger charge is -2.29. The first kappa shape index (κ1) is 22.3. The number of benzene rings is 2. The highest BCUT2D eigenvalue weighted by Gasteiger charge is 2.61. The van der Waals surface area contributed by atoms with E-state index in [1.54, 1.807) is 18.3 Å². The molecule has 1 heterocycles. The standard InChI is InChI=1S/C23H23F3N2O4/c1-21(2,30)13-32-15-9-17(14-11-27-28(12-14)7-8-29)20-16-5-3-4-6-18(16)22(31,19(20)10-15)23(24,25)26/h3-6,9-12,29-31H,7-8,13H2,1-2H3/t22-/m1/s1. The quantitative estimate of drug-likeness (QED) is 0.538. The number of fused-ring (bicyclic) bond motifs is 3. The van der Waals surface area contributed by atoms with Gasteiger partial charge in [0.25, 0.3) is 0 Å². The van der Waals surface area contributed by atoms with Crippen molar-refractivity contribution in [1.82, 2.24) is 9.78 Å². The van der Waals surface area contributed by atoms with Crippen molar-refractivity contribution in [3.63, 3.8) is 0 Å². The summed E-state index contributed by atoms with van der Waals surface area (Å²) in [5.74, 6) is 0.0752. The number of aromatic nitrogens is 2. The molecule has 0 fully saturated rings. The maximum absolute atomic E-state index is 14.3. The van der Waals surface area contributed by atoms with Crippen LogP contribution in [0.2, 0.25) is 0 Å². The van der Waals surface area contributed by atoms with E-state index in [1.807, 2.05) is 0 Å². The minimum absolute atomic E-state index is 0.0752. The zero-order valence-electron chi connectivity index (χ0n) is 17.5. The van der Waals surface area contributed by atoms with Gasteiger partial charge in [0.05, 0.1) is 24.9 Å². The van der Waals surface area contributed by atoms with Crippen LogP contribution in [0.1, 0.15) is 25.0 Å². The SMILES string of the molecule is CC(C)(O)COc1cc(-c2cnn(CCO)c2)c2c(c1)[C@@](O)(C(F)(F)F)c1ccccc1-2. The van der Waals surface area contributed by atoms with Gasteiger partial charge in [-0.3, -0.25) is 4.68 Å². The molecule has 0 radical (unpaired) electrons.